The highest BCUT2D eigenvalue weighted by Crippen LogP contribution is 2.48. The molecule has 2 heteroatoms. The van der Waals surface area contributed by atoms with E-state index in [0.717, 1.165) is 19.4 Å². The second-order valence-corrected chi connectivity index (χ2v) is 6.70. The van der Waals surface area contributed by atoms with Crippen molar-refractivity contribution >= 4 is 6.41 Å². The van der Waals surface area contributed by atoms with Crippen LogP contribution in [0.5, 0.6) is 0 Å². The number of carbonyl (C=O) groups excluding carboxylic acids is 1. The van der Waals surface area contributed by atoms with Crippen LogP contribution in [-0.4, -0.2) is 23.4 Å². The van der Waals surface area contributed by atoms with E-state index in [4.69, 9.17) is 0 Å². The van der Waals surface area contributed by atoms with Crippen molar-refractivity contribution in [3.63, 3.8) is 0 Å². The first-order valence-corrected chi connectivity index (χ1v) is 8.34. The summed E-state index contributed by atoms with van der Waals surface area (Å²) in [7, 11) is 0. The molecular weight excluding hydrogens is 258 g/mol. The Kier molecular flexibility index (Phi) is 8.61. The topological polar surface area (TPSA) is 20.3 Å². The van der Waals surface area contributed by atoms with Gasteiger partial charge in [-0.2, -0.15) is 0 Å². The first-order valence-electron chi connectivity index (χ1n) is 8.34. The zero-order valence-electron chi connectivity index (χ0n) is 15.0. The van der Waals surface area contributed by atoms with Crippen molar-refractivity contribution in [1.82, 2.24) is 4.90 Å². The minimum absolute atomic E-state index is 0.0408. The second-order valence-electron chi connectivity index (χ2n) is 6.70. The lowest BCUT2D eigenvalue weighted by Crippen LogP contribution is -2.53. The summed E-state index contributed by atoms with van der Waals surface area (Å²) in [6.45, 7) is 16.8. The van der Waals surface area contributed by atoms with E-state index < -0.39 is 0 Å². The molecule has 1 unspecified atom stereocenters. The highest BCUT2D eigenvalue weighted by molar-refractivity contribution is 5.49. The maximum atomic E-state index is 11.0. The molecule has 0 bridgehead atoms. The zero-order chi connectivity index (χ0) is 16.5. The lowest BCUT2D eigenvalue weighted by atomic mass is 9.64. The van der Waals surface area contributed by atoms with Crippen LogP contribution < -0.4 is 0 Å². The Morgan fingerprint density at radius 2 is 1.86 bits per heavy atom. The van der Waals surface area contributed by atoms with Crippen LogP contribution in [0.15, 0.2) is 24.3 Å². The third-order valence-corrected chi connectivity index (χ3v) is 4.53. The minimum Gasteiger partial charge on any atom is -0.340 e. The van der Waals surface area contributed by atoms with E-state index >= 15 is 0 Å². The summed E-state index contributed by atoms with van der Waals surface area (Å²) in [6, 6.07) is 0. The number of likely N-dealkylation sites (tertiary alicyclic amines) is 1. The number of piperidine rings is 1. The number of hydrogen-bond acceptors (Lipinski definition) is 1. The number of rotatable bonds is 1. The number of amides is 1. The molecule has 0 radical (unpaired) electrons. The summed E-state index contributed by atoms with van der Waals surface area (Å²) in [5.74, 6) is 0. The smallest absolute Gasteiger partial charge is 0.210 e. The van der Waals surface area contributed by atoms with Crippen LogP contribution in [0.3, 0.4) is 0 Å². The number of hydrogen-bond donors (Lipinski definition) is 0. The van der Waals surface area contributed by atoms with Crippen molar-refractivity contribution < 1.29 is 4.79 Å². The van der Waals surface area contributed by atoms with E-state index in [-0.39, 0.29) is 5.54 Å². The van der Waals surface area contributed by atoms with E-state index in [1.54, 1.807) is 11.6 Å². The molecule has 2 aliphatic rings. The molecule has 122 valence electrons. The summed E-state index contributed by atoms with van der Waals surface area (Å²) in [4.78, 5) is 13.0. The van der Waals surface area contributed by atoms with Crippen LogP contribution in [0.4, 0.5) is 0 Å². The predicted molar refractivity (Wildman–Crippen MR) is 93.3 cm³/mol. The van der Waals surface area contributed by atoms with Crippen LogP contribution in [0.2, 0.25) is 0 Å². The van der Waals surface area contributed by atoms with Gasteiger partial charge in [-0.25, -0.2) is 0 Å². The lowest BCUT2D eigenvalue weighted by molar-refractivity contribution is -0.128. The summed E-state index contributed by atoms with van der Waals surface area (Å²) in [5.41, 5.74) is 2.06. The first-order chi connectivity index (χ1) is 9.89. The van der Waals surface area contributed by atoms with Gasteiger partial charge in [0.05, 0.1) is 0 Å². The van der Waals surface area contributed by atoms with Gasteiger partial charge in [0.15, 0.2) is 0 Å². The van der Waals surface area contributed by atoms with Crippen LogP contribution in [0.1, 0.15) is 73.6 Å². The van der Waals surface area contributed by atoms with Gasteiger partial charge < -0.3 is 4.90 Å². The molecule has 0 aromatic rings. The molecule has 1 fully saturated rings. The molecule has 1 spiro atoms. The van der Waals surface area contributed by atoms with Crippen LogP contribution in [0, 0.1) is 5.41 Å². The van der Waals surface area contributed by atoms with Crippen molar-refractivity contribution in [1.29, 1.82) is 0 Å². The molecule has 0 aromatic carbocycles. The van der Waals surface area contributed by atoms with E-state index in [1.807, 2.05) is 25.7 Å². The predicted octanol–water partition coefficient (Wildman–Crippen LogP) is 5.35. The van der Waals surface area contributed by atoms with Gasteiger partial charge >= 0.3 is 0 Å². The molecule has 1 atom stereocenters. The SMILES string of the molecule is C=CC.CC.CC1=CCC2(CC1)CCN(C=O)C(C)(C)C2. The van der Waals surface area contributed by atoms with E-state index in [9.17, 15) is 4.79 Å². The molecule has 1 aliphatic carbocycles. The fourth-order valence-electron chi connectivity index (χ4n) is 3.41. The summed E-state index contributed by atoms with van der Waals surface area (Å²) in [6.07, 6.45) is 11.3. The molecular formula is C19H35NO. The molecule has 2 nitrogen and oxygen atoms in total. The molecule has 1 aliphatic heterocycles. The maximum Gasteiger partial charge on any atom is 0.210 e. The highest BCUT2D eigenvalue weighted by atomic mass is 16.1. The fourth-order valence-corrected chi connectivity index (χ4v) is 3.41. The molecule has 1 amide bonds. The standard InChI is InChI=1S/C14H23NO.C3H6.C2H6/c1-12-4-6-14(7-5-12)8-9-15(11-16)13(2,3)10-14;1-3-2;1-2/h4,11H,5-10H2,1-3H3;3H,1H2,2H3;1-2H3. The Balaban J connectivity index is 0.000000713. The van der Waals surface area contributed by atoms with Crippen LogP contribution in [0.25, 0.3) is 0 Å². The van der Waals surface area contributed by atoms with Crippen molar-refractivity contribution in [3.8, 4) is 0 Å². The zero-order valence-corrected chi connectivity index (χ0v) is 15.0. The third kappa shape index (κ3) is 5.68. The fraction of sp³-hybridized carbons (Fsp3) is 0.737. The second kappa shape index (κ2) is 9.07. The van der Waals surface area contributed by atoms with Gasteiger partial charge in [-0.05, 0) is 65.2 Å². The van der Waals surface area contributed by atoms with Gasteiger partial charge in [0, 0.05) is 12.1 Å². The Bertz CT molecular complexity index is 357. The Morgan fingerprint density at radius 1 is 1.29 bits per heavy atom. The van der Waals surface area contributed by atoms with Gasteiger partial charge in [0.1, 0.15) is 0 Å². The normalized spacial score (nSPS) is 26.6. The quantitative estimate of drug-likeness (QED) is 0.471. The molecule has 2 rings (SSSR count). The summed E-state index contributed by atoms with van der Waals surface area (Å²) < 4.78 is 0. The monoisotopic (exact) mass is 293 g/mol. The van der Waals surface area contributed by atoms with E-state index in [0.29, 0.717) is 5.41 Å². The molecule has 0 N–H and O–H groups in total. The van der Waals surface area contributed by atoms with E-state index in [1.165, 1.54) is 25.7 Å². The van der Waals surface area contributed by atoms with Gasteiger partial charge in [0.2, 0.25) is 6.41 Å². The third-order valence-electron chi connectivity index (χ3n) is 4.53. The number of nitrogens with zero attached hydrogens (tertiary/aromatic N) is 1. The van der Waals surface area contributed by atoms with Gasteiger partial charge in [-0.3, -0.25) is 4.79 Å². The summed E-state index contributed by atoms with van der Waals surface area (Å²) >= 11 is 0. The Morgan fingerprint density at radius 3 is 2.24 bits per heavy atom. The van der Waals surface area contributed by atoms with E-state index in [2.05, 4.69) is 33.4 Å². The van der Waals surface area contributed by atoms with Gasteiger partial charge in [0.25, 0.3) is 0 Å². The number of carbonyl (C=O) groups is 1. The number of allylic oxidation sites excluding steroid dienone is 3. The maximum absolute atomic E-state index is 11.0. The molecule has 1 heterocycles. The largest absolute Gasteiger partial charge is 0.340 e. The molecule has 1 saturated heterocycles. The van der Waals surface area contributed by atoms with Crippen LogP contribution >= 0.6 is 0 Å². The van der Waals surface area contributed by atoms with Crippen molar-refractivity contribution in [3.05, 3.63) is 24.3 Å². The van der Waals surface area contributed by atoms with Crippen molar-refractivity contribution in [2.45, 2.75) is 79.2 Å². The van der Waals surface area contributed by atoms with Crippen LogP contribution in [-0.2, 0) is 4.79 Å². The molecule has 0 saturated carbocycles. The minimum atomic E-state index is 0.0408. The molecule has 0 aromatic heterocycles. The Hall–Kier alpha value is -1.05. The first kappa shape index (κ1) is 19.9. The Labute approximate surface area is 132 Å². The van der Waals surface area contributed by atoms with Gasteiger partial charge in [-0.15, -0.1) is 6.58 Å². The lowest BCUT2D eigenvalue weighted by Gasteiger charge is -2.51. The molecule has 21 heavy (non-hydrogen) atoms. The average molecular weight is 293 g/mol. The van der Waals surface area contributed by atoms with Crippen molar-refractivity contribution in [2.24, 2.45) is 5.41 Å². The average Bonchev–Trinajstić information content (AvgIpc) is 2.45. The van der Waals surface area contributed by atoms with Gasteiger partial charge in [-0.1, -0.05) is 31.6 Å². The highest BCUT2D eigenvalue weighted by Gasteiger charge is 2.43. The summed E-state index contributed by atoms with van der Waals surface area (Å²) in [5, 5.41) is 0. The van der Waals surface area contributed by atoms with Crippen molar-refractivity contribution in [2.75, 3.05) is 6.54 Å².